The van der Waals surface area contributed by atoms with Crippen LogP contribution in [0.1, 0.15) is 73.1 Å². The lowest BCUT2D eigenvalue weighted by molar-refractivity contribution is -0.185. The number of aliphatic hydroxyl groups is 1. The number of carbonyl (C=O) groups excluding carboxylic acids is 4. The third-order valence-electron chi connectivity index (χ3n) is 10.1. The molecule has 8 atom stereocenters. The second-order valence-corrected chi connectivity index (χ2v) is 12.7. The Bertz CT molecular complexity index is 1120. The number of Topliss-reactive ketones (excluding diaryl/α,β-unsaturated/α-hetero) is 1. The van der Waals surface area contributed by atoms with Crippen molar-refractivity contribution < 1.29 is 43.2 Å². The van der Waals surface area contributed by atoms with E-state index in [9.17, 15) is 24.3 Å². The fraction of sp³-hybridized carbons (Fsp3) is 0.733. The lowest BCUT2D eigenvalue weighted by Gasteiger charge is -2.64. The Kier molecular flexibility index (Phi) is 8.50. The third-order valence-corrected chi connectivity index (χ3v) is 11.1. The summed E-state index contributed by atoms with van der Waals surface area (Å²) in [6.07, 6.45) is 5.07. The molecule has 0 amide bonds. The van der Waals surface area contributed by atoms with E-state index >= 15 is 0 Å². The van der Waals surface area contributed by atoms with Crippen molar-refractivity contribution in [1.82, 2.24) is 0 Å². The molecule has 1 N–H and O–H groups in total. The van der Waals surface area contributed by atoms with Crippen LogP contribution in [0, 0.1) is 28.6 Å². The molecule has 1 unspecified atom stereocenters. The first-order chi connectivity index (χ1) is 18.8. The second kappa shape index (κ2) is 11.1. The topological polar surface area (TPSA) is 125 Å². The largest absolute Gasteiger partial charge is 0.509 e. The molecule has 0 aromatic heterocycles. The van der Waals surface area contributed by atoms with Gasteiger partial charge in [0.1, 0.15) is 0 Å². The number of hydrogen-bond acceptors (Lipinski definition) is 9. The number of allylic oxidation sites excluding steroid dienone is 4. The Morgan fingerprint density at radius 2 is 1.82 bits per heavy atom. The average molecular weight is 581 g/mol. The monoisotopic (exact) mass is 580 g/mol. The first kappa shape index (κ1) is 30.6. The standard InChI is InChI=1S/C30H41ClO9/c1-6-8-13-38-26(36)40-30(24(34)17-39-25(35)37-7-2)18(3)14-22-21-10-9-19-15-20(32)11-12-27(19,4)29(21,31)23(33)16-28(22,30)5/h11-12,15,18,21-23,33H,6-10,13-14,16-17H2,1-5H3/t18-,21+,22+,23?,27+,28+,29+,30+/m1/s1. The summed E-state index contributed by atoms with van der Waals surface area (Å²) < 4.78 is 21.3. The van der Waals surface area contributed by atoms with Gasteiger partial charge in [0.25, 0.3) is 0 Å². The summed E-state index contributed by atoms with van der Waals surface area (Å²) in [4.78, 5) is 50.1. The molecule has 0 spiro atoms. The summed E-state index contributed by atoms with van der Waals surface area (Å²) in [6, 6.07) is 0. The lowest BCUT2D eigenvalue weighted by Crippen LogP contribution is -2.69. The lowest BCUT2D eigenvalue weighted by atomic mass is 9.45. The van der Waals surface area contributed by atoms with E-state index in [0.717, 1.165) is 12.0 Å². The summed E-state index contributed by atoms with van der Waals surface area (Å²) in [7, 11) is 0. The molecule has 222 valence electrons. The number of ether oxygens (including phenoxy) is 4. The van der Waals surface area contributed by atoms with Crippen molar-refractivity contribution in [2.24, 2.45) is 28.6 Å². The van der Waals surface area contributed by atoms with Crippen LogP contribution in [0.4, 0.5) is 9.59 Å². The molecule has 4 aliphatic carbocycles. The van der Waals surface area contributed by atoms with Crippen LogP contribution in [0.2, 0.25) is 0 Å². The quantitative estimate of drug-likeness (QED) is 0.231. The predicted molar refractivity (Wildman–Crippen MR) is 146 cm³/mol. The maximum atomic E-state index is 14.0. The minimum Gasteiger partial charge on any atom is -0.435 e. The molecule has 3 fully saturated rings. The van der Waals surface area contributed by atoms with Crippen molar-refractivity contribution >= 4 is 35.5 Å². The first-order valence-electron chi connectivity index (χ1n) is 14.3. The summed E-state index contributed by atoms with van der Waals surface area (Å²) >= 11 is 7.51. The SMILES string of the molecule is CCCCOC(=O)O[C@]1(C(=O)COC(=O)OCC)[C@H](C)C[C@H]2[C@@H]3CCC4=CC(=O)C=C[C@]4(C)[C@@]3(Cl)C(O)C[C@@]21C. The van der Waals surface area contributed by atoms with Crippen LogP contribution < -0.4 is 0 Å². The van der Waals surface area contributed by atoms with Crippen LogP contribution in [0.15, 0.2) is 23.8 Å². The molecule has 3 saturated carbocycles. The second-order valence-electron chi connectivity index (χ2n) is 12.1. The van der Waals surface area contributed by atoms with E-state index < -0.39 is 58.0 Å². The Morgan fingerprint density at radius 3 is 2.50 bits per heavy atom. The molecule has 0 aromatic rings. The Hall–Kier alpha value is -2.39. The van der Waals surface area contributed by atoms with Crippen LogP contribution in [-0.2, 0) is 28.5 Å². The highest BCUT2D eigenvalue weighted by Crippen LogP contribution is 2.72. The van der Waals surface area contributed by atoms with Gasteiger partial charge in [0.2, 0.25) is 5.78 Å². The van der Waals surface area contributed by atoms with Gasteiger partial charge >= 0.3 is 12.3 Å². The molecule has 0 radical (unpaired) electrons. The first-order valence-corrected chi connectivity index (χ1v) is 14.7. The van der Waals surface area contributed by atoms with Crippen molar-refractivity contribution in [3.8, 4) is 0 Å². The molecule has 4 aliphatic rings. The number of fused-ring (bicyclic) bond motifs is 5. The molecule has 0 saturated heterocycles. The Labute approximate surface area is 240 Å². The summed E-state index contributed by atoms with van der Waals surface area (Å²) in [5, 5.41) is 11.9. The van der Waals surface area contributed by atoms with E-state index in [1.165, 1.54) is 6.08 Å². The molecule has 0 heterocycles. The number of ketones is 2. The van der Waals surface area contributed by atoms with Crippen LogP contribution in [0.25, 0.3) is 0 Å². The smallest absolute Gasteiger partial charge is 0.435 e. The number of rotatable bonds is 8. The van der Waals surface area contributed by atoms with Crippen molar-refractivity contribution in [3.63, 3.8) is 0 Å². The van der Waals surface area contributed by atoms with Crippen molar-refractivity contribution in [2.75, 3.05) is 19.8 Å². The van der Waals surface area contributed by atoms with Crippen LogP contribution in [-0.4, -0.2) is 65.4 Å². The summed E-state index contributed by atoms with van der Waals surface area (Å²) in [6.45, 7) is 8.79. The van der Waals surface area contributed by atoms with Gasteiger partial charge in [0, 0.05) is 16.7 Å². The van der Waals surface area contributed by atoms with Gasteiger partial charge in [0.05, 0.1) is 24.2 Å². The minimum atomic E-state index is -1.73. The zero-order chi connectivity index (χ0) is 29.5. The number of unbranched alkanes of at least 4 members (excludes halogenated alkanes) is 1. The highest BCUT2D eigenvalue weighted by molar-refractivity contribution is 6.26. The van der Waals surface area contributed by atoms with Gasteiger partial charge in [-0.2, -0.15) is 0 Å². The van der Waals surface area contributed by atoms with Crippen molar-refractivity contribution in [3.05, 3.63) is 23.8 Å². The van der Waals surface area contributed by atoms with E-state index in [-0.39, 0.29) is 37.3 Å². The van der Waals surface area contributed by atoms with Gasteiger partial charge in [-0.25, -0.2) is 9.59 Å². The maximum Gasteiger partial charge on any atom is 0.509 e. The van der Waals surface area contributed by atoms with Crippen LogP contribution in [0.5, 0.6) is 0 Å². The average Bonchev–Trinajstić information content (AvgIpc) is 3.11. The number of aliphatic hydroxyl groups excluding tert-OH is 1. The molecule has 0 aliphatic heterocycles. The molecular weight excluding hydrogens is 540 g/mol. The van der Waals surface area contributed by atoms with Gasteiger partial charge < -0.3 is 24.1 Å². The van der Waals surface area contributed by atoms with Crippen LogP contribution in [0.3, 0.4) is 0 Å². The normalized spacial score (nSPS) is 39.8. The molecular formula is C30H41ClO9. The Morgan fingerprint density at radius 1 is 1.10 bits per heavy atom. The number of halogens is 1. The van der Waals surface area contributed by atoms with Gasteiger partial charge in [-0.05, 0) is 63.0 Å². The molecule has 40 heavy (non-hydrogen) atoms. The van der Waals surface area contributed by atoms with Gasteiger partial charge in [-0.3, -0.25) is 9.59 Å². The predicted octanol–water partition coefficient (Wildman–Crippen LogP) is 5.31. The van der Waals surface area contributed by atoms with Crippen molar-refractivity contribution in [1.29, 1.82) is 0 Å². The number of carbonyl (C=O) groups is 4. The summed E-state index contributed by atoms with van der Waals surface area (Å²) in [5.41, 5.74) is -2.65. The van der Waals surface area contributed by atoms with Gasteiger partial charge in [-0.1, -0.05) is 45.8 Å². The van der Waals surface area contributed by atoms with E-state index in [1.54, 1.807) is 19.1 Å². The Balaban J connectivity index is 1.75. The van der Waals surface area contributed by atoms with Gasteiger partial charge in [0.15, 0.2) is 18.0 Å². The van der Waals surface area contributed by atoms with E-state index in [0.29, 0.717) is 25.7 Å². The third kappa shape index (κ3) is 4.48. The van der Waals surface area contributed by atoms with Gasteiger partial charge in [-0.15, -0.1) is 11.6 Å². The van der Waals surface area contributed by atoms with Crippen molar-refractivity contribution in [2.45, 2.75) is 89.7 Å². The fourth-order valence-corrected chi connectivity index (χ4v) is 8.77. The van der Waals surface area contributed by atoms with E-state index in [2.05, 4.69) is 0 Å². The minimum absolute atomic E-state index is 0.0556. The fourth-order valence-electron chi connectivity index (χ4n) is 8.25. The molecule has 10 heteroatoms. The highest BCUT2D eigenvalue weighted by atomic mass is 35.5. The molecule has 9 nitrogen and oxygen atoms in total. The molecule has 0 aromatic carbocycles. The van der Waals surface area contributed by atoms with E-state index in [4.69, 9.17) is 30.5 Å². The van der Waals surface area contributed by atoms with E-state index in [1.807, 2.05) is 27.7 Å². The number of hydrogen-bond donors (Lipinski definition) is 1. The van der Waals surface area contributed by atoms with Crippen LogP contribution >= 0.6 is 11.6 Å². The maximum absolute atomic E-state index is 14.0. The zero-order valence-corrected chi connectivity index (χ0v) is 24.8. The summed E-state index contributed by atoms with van der Waals surface area (Å²) in [5.74, 6) is -1.66. The molecule has 4 rings (SSSR count). The number of alkyl halides is 1. The highest BCUT2D eigenvalue weighted by Gasteiger charge is 2.76. The zero-order valence-electron chi connectivity index (χ0n) is 24.0. The molecule has 0 bridgehead atoms.